The zero-order valence-corrected chi connectivity index (χ0v) is 69.2. The third-order valence-corrected chi connectivity index (χ3v) is 29.2. The van der Waals surface area contributed by atoms with Gasteiger partial charge in [-0.25, -0.2) is 0 Å². The molecular formula is C120H72S3. The van der Waals surface area contributed by atoms with Crippen LogP contribution >= 0.6 is 35.3 Å². The maximum atomic E-state index is 2.44. The van der Waals surface area contributed by atoms with Crippen LogP contribution in [0.2, 0.25) is 0 Å². The van der Waals surface area contributed by atoms with Crippen molar-refractivity contribution in [3.8, 4) is 100 Å². The molecule has 3 heterocycles. The van der Waals surface area contributed by atoms with Crippen molar-refractivity contribution in [1.29, 1.82) is 0 Å². The lowest BCUT2D eigenvalue weighted by Gasteiger charge is -2.25. The molecule has 24 aromatic carbocycles. The van der Waals surface area contributed by atoms with Gasteiger partial charge in [0, 0.05) is 51.1 Å². The Labute approximate surface area is 725 Å². The number of hydrogen-bond acceptors (Lipinski definition) is 3. The second-order valence-corrected chi connectivity index (χ2v) is 35.8. The smallest absolute Gasteiger partial charge is 0.0207 e. The SMILES string of the molecule is c1cc2c(c(-c3c4ccccc4c(-c4ccc5ccccc5c4)c4ccccc34)c1)-c1cccc3cccc(c13)S2.c1ccc2c(c1)Sc1cccc3cc(-c4c5ccccc5c(-c5ccc6ccccc6c5)c5ccccc45)cc-2c13.c1ccc2c(c1)Sc1cccc3ccc(-c4c5ccccc5c(-c5ccc6ccccc6c5)c5ccccc45)c-2c13. The Hall–Kier alpha value is -14.6. The fraction of sp³-hybridized carbons (Fsp3) is 0. The minimum Gasteiger partial charge on any atom is -0.0888 e. The highest BCUT2D eigenvalue weighted by Crippen LogP contribution is 2.58. The molecule has 0 amide bonds. The van der Waals surface area contributed by atoms with Gasteiger partial charge in [-0.15, -0.1) is 0 Å². The predicted octanol–water partition coefficient (Wildman–Crippen LogP) is 35.3. The number of benzene rings is 24. The summed E-state index contributed by atoms with van der Waals surface area (Å²) in [4.78, 5) is 7.97. The standard InChI is InChI=1S/3C40H24S/c1-2-11-27-24-28(23-22-25(27)10-1)37-29-14-3-5-16-31(29)39(32-17-6-4-15-30(32)37)34-19-9-21-36-40(34)33-18-7-12-26-13-8-20-35(41-36)38(26)33;1-2-11-26-22-28(21-20-25(26)10-1)38-31-14-3-5-16-33(31)39(34-17-6-4-15-32(34)38)29-23-27-12-9-19-37-40(27)35(24-29)30-13-7-8-18-36(30)41-37;1-2-11-27-24-28(21-20-25(27)10-1)37-29-13-3-5-15-31(29)39(32-16-6-4-14-30(32)37)34-23-22-26-12-9-19-36-38(26)40(34)33-17-7-8-18-35(33)41-36/h3*1-24H. The molecule has 24 aromatic rings. The van der Waals surface area contributed by atoms with Gasteiger partial charge < -0.3 is 0 Å². The largest absolute Gasteiger partial charge is 0.0888 e. The number of hydrogen-bond donors (Lipinski definition) is 0. The average molecular weight is 1610 g/mol. The van der Waals surface area contributed by atoms with Crippen LogP contribution in [0.15, 0.2) is 466 Å². The molecule has 0 unspecified atom stereocenters. The summed E-state index contributed by atoms with van der Waals surface area (Å²) >= 11 is 5.66. The summed E-state index contributed by atoms with van der Waals surface area (Å²) in [6.07, 6.45) is 0. The maximum Gasteiger partial charge on any atom is 0.0207 e. The summed E-state index contributed by atoms with van der Waals surface area (Å²) in [7, 11) is 0. The predicted molar refractivity (Wildman–Crippen MR) is 531 cm³/mol. The zero-order valence-electron chi connectivity index (χ0n) is 66.8. The Morgan fingerprint density at radius 1 is 0.114 bits per heavy atom. The van der Waals surface area contributed by atoms with E-state index in [9.17, 15) is 0 Å². The molecule has 0 N–H and O–H groups in total. The molecular weight excluding hydrogens is 1540 g/mol. The molecule has 0 spiro atoms. The molecule has 0 fully saturated rings. The van der Waals surface area contributed by atoms with E-state index in [2.05, 4.69) is 437 Å². The summed E-state index contributed by atoms with van der Waals surface area (Å²) in [5, 5.41) is 31.0. The quantitative estimate of drug-likeness (QED) is 0.152. The monoisotopic (exact) mass is 1610 g/mol. The molecule has 0 aromatic heterocycles. The summed E-state index contributed by atoms with van der Waals surface area (Å²) in [6, 6.07) is 161. The fourth-order valence-electron chi connectivity index (χ4n) is 20.6. The topological polar surface area (TPSA) is 0 Å². The second-order valence-electron chi connectivity index (χ2n) is 32.6. The van der Waals surface area contributed by atoms with Crippen LogP contribution < -0.4 is 0 Å². The van der Waals surface area contributed by atoms with E-state index in [0.717, 1.165) is 0 Å². The molecule has 0 bridgehead atoms. The average Bonchev–Trinajstić information content (AvgIpc) is 0.729. The van der Waals surface area contributed by atoms with Gasteiger partial charge in [-0.05, 0) is 274 Å². The third-order valence-electron chi connectivity index (χ3n) is 25.8. The molecule has 0 saturated heterocycles. The van der Waals surface area contributed by atoms with E-state index in [4.69, 9.17) is 0 Å². The van der Waals surface area contributed by atoms with E-state index in [-0.39, 0.29) is 0 Å². The molecule has 123 heavy (non-hydrogen) atoms. The van der Waals surface area contributed by atoms with Crippen LogP contribution in [0.3, 0.4) is 0 Å². The summed E-state index contributed by atoms with van der Waals surface area (Å²) < 4.78 is 0. The van der Waals surface area contributed by atoms with E-state index in [0.29, 0.717) is 0 Å². The Morgan fingerprint density at radius 3 is 0.837 bits per heavy atom. The van der Waals surface area contributed by atoms with Crippen LogP contribution in [0.4, 0.5) is 0 Å². The summed E-state index contributed by atoms with van der Waals surface area (Å²) in [6.45, 7) is 0. The molecule has 570 valence electrons. The minimum absolute atomic E-state index is 1.26. The normalized spacial score (nSPS) is 12.3. The van der Waals surface area contributed by atoms with E-state index in [1.54, 1.807) is 0 Å². The highest BCUT2D eigenvalue weighted by atomic mass is 32.2. The van der Waals surface area contributed by atoms with Gasteiger partial charge in [-0.1, -0.05) is 405 Å². The van der Waals surface area contributed by atoms with Crippen LogP contribution in [-0.4, -0.2) is 0 Å². The van der Waals surface area contributed by atoms with E-state index >= 15 is 0 Å². The Morgan fingerprint density at radius 2 is 0.382 bits per heavy atom. The van der Waals surface area contributed by atoms with Gasteiger partial charge in [-0.3, -0.25) is 0 Å². The first-order valence-corrected chi connectivity index (χ1v) is 44.8. The van der Waals surface area contributed by atoms with Crippen molar-refractivity contribution in [3.63, 3.8) is 0 Å². The third kappa shape index (κ3) is 11.6. The van der Waals surface area contributed by atoms with Crippen molar-refractivity contribution in [1.82, 2.24) is 0 Å². The van der Waals surface area contributed by atoms with Gasteiger partial charge in [0.05, 0.1) is 0 Å². The highest BCUT2D eigenvalue weighted by molar-refractivity contribution is 8.00. The molecule has 0 aliphatic carbocycles. The van der Waals surface area contributed by atoms with Crippen molar-refractivity contribution in [2.75, 3.05) is 0 Å². The van der Waals surface area contributed by atoms with Crippen molar-refractivity contribution in [2.45, 2.75) is 29.4 Å². The molecule has 0 saturated carbocycles. The fourth-order valence-corrected chi connectivity index (χ4v) is 24.1. The maximum absolute atomic E-state index is 2.44. The van der Waals surface area contributed by atoms with Gasteiger partial charge in [0.1, 0.15) is 0 Å². The van der Waals surface area contributed by atoms with Crippen molar-refractivity contribution in [3.05, 3.63) is 437 Å². The van der Waals surface area contributed by atoms with Crippen molar-refractivity contribution >= 4 is 165 Å². The molecule has 27 rings (SSSR count). The minimum atomic E-state index is 1.26. The first-order valence-electron chi connectivity index (χ1n) is 42.3. The second kappa shape index (κ2) is 29.1. The van der Waals surface area contributed by atoms with Gasteiger partial charge in [0.15, 0.2) is 0 Å². The lowest BCUT2D eigenvalue weighted by Crippen LogP contribution is -1.97. The van der Waals surface area contributed by atoms with Gasteiger partial charge in [0.2, 0.25) is 0 Å². The first-order chi connectivity index (χ1) is 61.0. The van der Waals surface area contributed by atoms with E-state index in [1.807, 2.05) is 35.3 Å². The Kier molecular flexibility index (Phi) is 16.9. The Balaban J connectivity index is 0.000000101. The van der Waals surface area contributed by atoms with Crippen LogP contribution in [0.25, 0.3) is 229 Å². The lowest BCUT2D eigenvalue weighted by atomic mass is 9.82. The van der Waals surface area contributed by atoms with Gasteiger partial charge >= 0.3 is 0 Å². The van der Waals surface area contributed by atoms with Crippen molar-refractivity contribution < 1.29 is 0 Å². The van der Waals surface area contributed by atoms with Gasteiger partial charge in [0.25, 0.3) is 0 Å². The number of fused-ring (bicyclic) bond motifs is 15. The first kappa shape index (κ1) is 71.4. The van der Waals surface area contributed by atoms with Crippen molar-refractivity contribution in [2.24, 2.45) is 0 Å². The summed E-state index contributed by atoms with van der Waals surface area (Å²) in [5.41, 5.74) is 23.5. The van der Waals surface area contributed by atoms with E-state index < -0.39 is 0 Å². The van der Waals surface area contributed by atoms with Crippen LogP contribution in [-0.2, 0) is 0 Å². The summed E-state index contributed by atoms with van der Waals surface area (Å²) in [5.74, 6) is 0. The molecule has 3 aliphatic heterocycles. The molecule has 3 aliphatic rings. The molecule has 3 heteroatoms. The number of rotatable bonds is 6. The van der Waals surface area contributed by atoms with Crippen LogP contribution in [0.1, 0.15) is 0 Å². The molecule has 0 radical (unpaired) electrons. The van der Waals surface area contributed by atoms with Crippen LogP contribution in [0, 0.1) is 0 Å². The van der Waals surface area contributed by atoms with Gasteiger partial charge in [-0.2, -0.15) is 0 Å². The zero-order chi connectivity index (χ0) is 80.7. The molecule has 0 nitrogen and oxygen atoms in total. The highest BCUT2D eigenvalue weighted by Gasteiger charge is 2.30. The molecule has 0 atom stereocenters. The van der Waals surface area contributed by atoms with E-state index in [1.165, 1.54) is 259 Å². The van der Waals surface area contributed by atoms with Crippen LogP contribution in [0.5, 0.6) is 0 Å². The lowest BCUT2D eigenvalue weighted by molar-refractivity contribution is 1.40. The Bertz CT molecular complexity index is 8440.